The van der Waals surface area contributed by atoms with Crippen molar-refractivity contribution >= 4 is 77.6 Å². The van der Waals surface area contributed by atoms with E-state index in [0.717, 1.165) is 56.1 Å². The van der Waals surface area contributed by atoms with Crippen molar-refractivity contribution in [3.8, 4) is 0 Å². The zero-order valence-electron chi connectivity index (χ0n) is 25.6. The third-order valence-corrected chi connectivity index (χ3v) is 8.97. The smallest absolute Gasteiger partial charge is 0.137 e. The molecular weight excluding hydrogens is 572 g/mol. The van der Waals surface area contributed by atoms with Crippen molar-refractivity contribution in [2.24, 2.45) is 0 Å². The van der Waals surface area contributed by atoms with Gasteiger partial charge in [0.2, 0.25) is 0 Å². The van der Waals surface area contributed by atoms with E-state index in [9.17, 15) is 0 Å². The highest BCUT2D eigenvalue weighted by molar-refractivity contribution is 6.07. The zero-order valence-corrected chi connectivity index (χ0v) is 25.6. The van der Waals surface area contributed by atoms with Crippen LogP contribution in [0.15, 0.2) is 186 Å². The van der Waals surface area contributed by atoms with Gasteiger partial charge < -0.3 is 14.2 Å². The van der Waals surface area contributed by atoms with Gasteiger partial charge in [0.15, 0.2) is 0 Å². The minimum atomic E-state index is 0.855. The Bertz CT molecular complexity index is 2360. The minimum absolute atomic E-state index is 0.855. The van der Waals surface area contributed by atoms with Crippen LogP contribution in [0.2, 0.25) is 0 Å². The molecule has 0 aliphatic carbocycles. The van der Waals surface area contributed by atoms with E-state index < -0.39 is 0 Å². The Labute approximate surface area is 273 Å². The highest BCUT2D eigenvalue weighted by Gasteiger charge is 2.18. The van der Waals surface area contributed by atoms with Crippen LogP contribution in [-0.2, 0) is 0 Å². The summed E-state index contributed by atoms with van der Waals surface area (Å²) in [5.41, 5.74) is 8.18. The second-order valence-corrected chi connectivity index (χ2v) is 11.9. The first kappa shape index (κ1) is 27.0. The van der Waals surface area contributed by atoms with E-state index in [-0.39, 0.29) is 0 Å². The summed E-state index contributed by atoms with van der Waals surface area (Å²) < 4.78 is 6.66. The van der Waals surface area contributed by atoms with Crippen molar-refractivity contribution in [1.29, 1.82) is 0 Å². The molecular formula is C44H30N2O. The largest absolute Gasteiger partial charge is 0.456 e. The fourth-order valence-corrected chi connectivity index (χ4v) is 6.71. The summed E-state index contributed by atoms with van der Waals surface area (Å²) in [5.74, 6) is 0. The summed E-state index contributed by atoms with van der Waals surface area (Å²) in [6.07, 6.45) is 0. The molecule has 0 atom stereocenters. The lowest BCUT2D eigenvalue weighted by Gasteiger charge is -2.25. The lowest BCUT2D eigenvalue weighted by atomic mass is 10.1. The predicted octanol–water partition coefficient (Wildman–Crippen LogP) is 12.8. The van der Waals surface area contributed by atoms with Crippen molar-refractivity contribution in [2.45, 2.75) is 0 Å². The minimum Gasteiger partial charge on any atom is -0.456 e. The normalized spacial score (nSPS) is 11.4. The number of anilines is 6. The molecule has 1 heterocycles. The van der Waals surface area contributed by atoms with Crippen LogP contribution in [0.1, 0.15) is 0 Å². The van der Waals surface area contributed by atoms with E-state index in [1.807, 2.05) is 0 Å². The summed E-state index contributed by atoms with van der Waals surface area (Å²) in [5, 5.41) is 7.05. The first-order chi connectivity index (χ1) is 23.3. The van der Waals surface area contributed by atoms with Gasteiger partial charge in [0.05, 0.1) is 0 Å². The summed E-state index contributed by atoms with van der Waals surface area (Å²) >= 11 is 0. The van der Waals surface area contributed by atoms with Crippen molar-refractivity contribution < 1.29 is 4.42 Å². The zero-order chi connectivity index (χ0) is 31.2. The Balaban J connectivity index is 1.17. The summed E-state index contributed by atoms with van der Waals surface area (Å²) in [7, 11) is 0. The molecule has 0 fully saturated rings. The Morgan fingerprint density at radius 2 is 0.638 bits per heavy atom. The van der Waals surface area contributed by atoms with Crippen LogP contribution in [0.4, 0.5) is 34.1 Å². The summed E-state index contributed by atoms with van der Waals surface area (Å²) in [6.45, 7) is 0. The molecule has 0 aliphatic heterocycles. The molecule has 3 heteroatoms. The number of furan rings is 1. The van der Waals surface area contributed by atoms with Crippen molar-refractivity contribution in [1.82, 2.24) is 0 Å². The van der Waals surface area contributed by atoms with Crippen LogP contribution in [0.25, 0.3) is 43.5 Å². The van der Waals surface area contributed by atoms with E-state index >= 15 is 0 Å². The molecule has 47 heavy (non-hydrogen) atoms. The summed E-state index contributed by atoms with van der Waals surface area (Å²) in [6, 6.07) is 64.4. The maximum atomic E-state index is 6.66. The third kappa shape index (κ3) is 4.86. The Kier molecular flexibility index (Phi) is 6.46. The molecule has 0 amide bonds. The molecule has 3 nitrogen and oxygen atoms in total. The molecule has 0 aliphatic rings. The predicted molar refractivity (Wildman–Crippen MR) is 198 cm³/mol. The fraction of sp³-hybridized carbons (Fsp3) is 0. The molecule has 0 N–H and O–H groups in total. The van der Waals surface area contributed by atoms with Gasteiger partial charge in [-0.15, -0.1) is 0 Å². The lowest BCUT2D eigenvalue weighted by molar-refractivity contribution is 0.669. The van der Waals surface area contributed by atoms with Gasteiger partial charge in [-0.1, -0.05) is 97.1 Å². The number of benzene rings is 8. The van der Waals surface area contributed by atoms with Crippen molar-refractivity contribution in [3.05, 3.63) is 182 Å². The second-order valence-electron chi connectivity index (χ2n) is 11.9. The van der Waals surface area contributed by atoms with Crippen LogP contribution in [0.3, 0.4) is 0 Å². The van der Waals surface area contributed by atoms with Gasteiger partial charge in [0.1, 0.15) is 11.2 Å². The average Bonchev–Trinajstić information content (AvgIpc) is 3.50. The molecule has 9 rings (SSSR count). The molecule has 0 saturated heterocycles. The molecule has 9 aromatic rings. The SMILES string of the molecule is c1ccc(N(c2ccc3ccccc3c2)c2ccc3c(c2)oc2cc(N(c4ccccc4)c4ccc5ccccc5c4)ccc23)cc1. The standard InChI is InChI=1S/C44H30N2O/c1-3-15-35(16-4-1)45(37-21-19-31-11-7-9-13-33(31)27-37)39-23-25-41-42-26-24-40(30-44(42)47-43(41)29-39)46(36-17-5-2-6-18-36)38-22-20-32-12-8-10-14-34(32)28-38/h1-30H. The van der Waals surface area contributed by atoms with Gasteiger partial charge in [-0.3, -0.25) is 0 Å². The van der Waals surface area contributed by atoms with E-state index in [4.69, 9.17) is 4.42 Å². The Morgan fingerprint density at radius 3 is 1.09 bits per heavy atom. The topological polar surface area (TPSA) is 19.6 Å². The van der Waals surface area contributed by atoms with Gasteiger partial charge >= 0.3 is 0 Å². The van der Waals surface area contributed by atoms with Crippen LogP contribution in [0, 0.1) is 0 Å². The number of hydrogen-bond acceptors (Lipinski definition) is 3. The van der Waals surface area contributed by atoms with Gasteiger partial charge in [-0.25, -0.2) is 0 Å². The Morgan fingerprint density at radius 1 is 0.277 bits per heavy atom. The molecule has 222 valence electrons. The second kappa shape index (κ2) is 11.2. The number of para-hydroxylation sites is 2. The van der Waals surface area contributed by atoms with Gasteiger partial charge in [-0.2, -0.15) is 0 Å². The van der Waals surface area contributed by atoms with Crippen molar-refractivity contribution in [3.63, 3.8) is 0 Å². The molecule has 8 aromatic carbocycles. The van der Waals surface area contributed by atoms with Gasteiger partial charge in [-0.05, 0) is 94.3 Å². The number of nitrogens with zero attached hydrogens (tertiary/aromatic N) is 2. The van der Waals surface area contributed by atoms with E-state index in [1.165, 1.54) is 21.5 Å². The fourth-order valence-electron chi connectivity index (χ4n) is 6.71. The van der Waals surface area contributed by atoms with E-state index in [2.05, 4.69) is 192 Å². The highest BCUT2D eigenvalue weighted by Crippen LogP contribution is 2.42. The maximum absolute atomic E-state index is 6.66. The first-order valence-corrected chi connectivity index (χ1v) is 15.9. The Hall–Kier alpha value is -6.32. The number of hydrogen-bond donors (Lipinski definition) is 0. The monoisotopic (exact) mass is 602 g/mol. The third-order valence-electron chi connectivity index (χ3n) is 8.97. The first-order valence-electron chi connectivity index (χ1n) is 15.9. The van der Waals surface area contributed by atoms with Gasteiger partial charge in [0, 0.05) is 57.0 Å². The van der Waals surface area contributed by atoms with E-state index in [1.54, 1.807) is 0 Å². The molecule has 0 bridgehead atoms. The summed E-state index contributed by atoms with van der Waals surface area (Å²) in [4.78, 5) is 4.59. The number of fused-ring (bicyclic) bond motifs is 5. The van der Waals surface area contributed by atoms with Crippen LogP contribution >= 0.6 is 0 Å². The highest BCUT2D eigenvalue weighted by atomic mass is 16.3. The van der Waals surface area contributed by atoms with Crippen LogP contribution < -0.4 is 9.80 Å². The van der Waals surface area contributed by atoms with Crippen LogP contribution in [-0.4, -0.2) is 0 Å². The number of rotatable bonds is 6. The van der Waals surface area contributed by atoms with Crippen LogP contribution in [0.5, 0.6) is 0 Å². The van der Waals surface area contributed by atoms with Crippen molar-refractivity contribution in [2.75, 3.05) is 9.80 Å². The molecule has 0 spiro atoms. The quantitative estimate of drug-likeness (QED) is 0.189. The maximum Gasteiger partial charge on any atom is 0.137 e. The lowest BCUT2D eigenvalue weighted by Crippen LogP contribution is -2.09. The van der Waals surface area contributed by atoms with E-state index in [0.29, 0.717) is 0 Å². The molecule has 0 saturated carbocycles. The molecule has 0 unspecified atom stereocenters. The van der Waals surface area contributed by atoms with Gasteiger partial charge in [0.25, 0.3) is 0 Å². The average molecular weight is 603 g/mol. The molecule has 0 radical (unpaired) electrons. The molecule has 1 aromatic heterocycles.